The van der Waals surface area contributed by atoms with Crippen LogP contribution in [0, 0.1) is 6.92 Å². The van der Waals surface area contributed by atoms with Crippen LogP contribution >= 0.6 is 0 Å². The fraction of sp³-hybridized carbons (Fsp3) is 0.292. The molecular weight excluding hydrogens is 428 g/mol. The standard InChI is InChI=1S/C24H22N10/c1-3-24-10-6-12-32(24)21-19(33-15(2)30-31-22(24)33)13-26-23(29-21)34-20(27-14-28-34)17-7-4-9-18-16(17)8-5-11-25-18/h4-5,7-9,11,13-14H,3,6,10,12H2,1-2H3. The van der Waals surface area contributed by atoms with E-state index in [0.717, 1.165) is 65.4 Å². The van der Waals surface area contributed by atoms with E-state index in [2.05, 4.69) is 41.7 Å². The number of fused-ring (bicyclic) bond motifs is 7. The van der Waals surface area contributed by atoms with Crippen molar-refractivity contribution in [2.45, 2.75) is 38.6 Å². The number of aromatic nitrogens is 9. The predicted octanol–water partition coefficient (Wildman–Crippen LogP) is 3.38. The monoisotopic (exact) mass is 450 g/mol. The van der Waals surface area contributed by atoms with Crippen LogP contribution in [-0.2, 0) is 5.54 Å². The van der Waals surface area contributed by atoms with Gasteiger partial charge in [-0.3, -0.25) is 9.55 Å². The molecule has 6 heterocycles. The third kappa shape index (κ3) is 2.42. The molecule has 0 spiro atoms. The van der Waals surface area contributed by atoms with Gasteiger partial charge in [0.25, 0.3) is 5.95 Å². The van der Waals surface area contributed by atoms with Gasteiger partial charge in [0.2, 0.25) is 0 Å². The summed E-state index contributed by atoms with van der Waals surface area (Å²) in [5, 5.41) is 14.5. The molecule has 168 valence electrons. The summed E-state index contributed by atoms with van der Waals surface area (Å²) in [6, 6.07) is 9.97. The summed E-state index contributed by atoms with van der Waals surface area (Å²) < 4.78 is 3.82. The van der Waals surface area contributed by atoms with Crippen LogP contribution in [0.1, 0.15) is 37.8 Å². The Morgan fingerprint density at radius 2 is 2.00 bits per heavy atom. The highest BCUT2D eigenvalue weighted by atomic mass is 15.4. The molecule has 1 atom stereocenters. The van der Waals surface area contributed by atoms with Gasteiger partial charge < -0.3 is 4.90 Å². The van der Waals surface area contributed by atoms with Crippen molar-refractivity contribution >= 4 is 16.7 Å². The Hall–Kier alpha value is -4.21. The minimum Gasteiger partial charge on any atom is -0.342 e. The summed E-state index contributed by atoms with van der Waals surface area (Å²) in [6.45, 7) is 5.11. The summed E-state index contributed by atoms with van der Waals surface area (Å²) in [5.41, 5.74) is 2.54. The van der Waals surface area contributed by atoms with Crippen molar-refractivity contribution in [1.82, 2.24) is 44.5 Å². The first kappa shape index (κ1) is 19.3. The van der Waals surface area contributed by atoms with E-state index < -0.39 is 0 Å². The van der Waals surface area contributed by atoms with Gasteiger partial charge >= 0.3 is 0 Å². The van der Waals surface area contributed by atoms with E-state index in [9.17, 15) is 0 Å². The Kier molecular flexibility index (Phi) is 3.91. The zero-order valence-corrected chi connectivity index (χ0v) is 18.9. The Morgan fingerprint density at radius 3 is 2.91 bits per heavy atom. The number of aryl methyl sites for hydroxylation is 1. The molecule has 1 unspecified atom stereocenters. The first-order valence-electron chi connectivity index (χ1n) is 11.5. The van der Waals surface area contributed by atoms with Crippen molar-refractivity contribution in [1.29, 1.82) is 0 Å². The van der Waals surface area contributed by atoms with E-state index in [1.165, 1.54) is 0 Å². The van der Waals surface area contributed by atoms with Crippen LogP contribution in [0.15, 0.2) is 49.1 Å². The maximum absolute atomic E-state index is 5.06. The summed E-state index contributed by atoms with van der Waals surface area (Å²) in [6.07, 6.45) is 8.23. The lowest BCUT2D eigenvalue weighted by molar-refractivity contribution is 0.381. The van der Waals surface area contributed by atoms with Crippen LogP contribution in [-0.4, -0.2) is 51.0 Å². The SMILES string of the molecule is CCC12CCCN1c1nc(-n3ncnc3-c3cccc4ncccc34)ncc1-n1c(C)nnc12. The van der Waals surface area contributed by atoms with Gasteiger partial charge in [-0.25, -0.2) is 9.97 Å². The largest absolute Gasteiger partial charge is 0.342 e. The summed E-state index contributed by atoms with van der Waals surface area (Å²) >= 11 is 0. The minimum absolute atomic E-state index is 0.202. The van der Waals surface area contributed by atoms with Crippen LogP contribution in [0.3, 0.4) is 0 Å². The number of nitrogens with zero attached hydrogens (tertiary/aromatic N) is 10. The molecule has 4 aromatic heterocycles. The Morgan fingerprint density at radius 1 is 1.06 bits per heavy atom. The van der Waals surface area contributed by atoms with Gasteiger partial charge in [0.1, 0.15) is 23.4 Å². The molecule has 0 aliphatic carbocycles. The molecule has 2 aliphatic rings. The third-order valence-electron chi connectivity index (χ3n) is 7.17. The predicted molar refractivity (Wildman–Crippen MR) is 126 cm³/mol. The second-order valence-electron chi connectivity index (χ2n) is 8.80. The molecule has 0 saturated carbocycles. The van der Waals surface area contributed by atoms with Gasteiger partial charge in [0.05, 0.1) is 11.7 Å². The van der Waals surface area contributed by atoms with Crippen LogP contribution in [0.25, 0.3) is 33.9 Å². The second kappa shape index (κ2) is 6.89. The van der Waals surface area contributed by atoms with Crippen LogP contribution < -0.4 is 4.90 Å². The molecule has 10 nitrogen and oxygen atoms in total. The van der Waals surface area contributed by atoms with Crippen molar-refractivity contribution in [3.05, 3.63) is 60.7 Å². The molecule has 34 heavy (non-hydrogen) atoms. The zero-order valence-electron chi connectivity index (χ0n) is 18.9. The molecule has 1 aromatic carbocycles. The molecule has 10 heteroatoms. The number of rotatable bonds is 3. The Labute approximate surface area is 195 Å². The molecule has 1 fully saturated rings. The topological polar surface area (TPSA) is 103 Å². The van der Waals surface area contributed by atoms with E-state index in [4.69, 9.17) is 9.97 Å². The van der Waals surface area contributed by atoms with Crippen molar-refractivity contribution in [3.63, 3.8) is 0 Å². The highest BCUT2D eigenvalue weighted by molar-refractivity contribution is 5.92. The quantitative estimate of drug-likeness (QED) is 0.412. The average Bonchev–Trinajstić information content (AvgIpc) is 3.62. The van der Waals surface area contributed by atoms with Crippen molar-refractivity contribution in [2.24, 2.45) is 0 Å². The molecule has 0 radical (unpaired) electrons. The van der Waals surface area contributed by atoms with E-state index in [1.807, 2.05) is 43.5 Å². The first-order valence-corrected chi connectivity index (χ1v) is 11.5. The lowest BCUT2D eigenvalue weighted by Crippen LogP contribution is -2.47. The lowest BCUT2D eigenvalue weighted by atomic mass is 9.90. The van der Waals surface area contributed by atoms with Gasteiger partial charge in [-0.1, -0.05) is 25.1 Å². The van der Waals surface area contributed by atoms with Crippen LogP contribution in [0.5, 0.6) is 0 Å². The Balaban J connectivity index is 1.43. The number of hydrogen-bond donors (Lipinski definition) is 0. The summed E-state index contributed by atoms with van der Waals surface area (Å²) in [7, 11) is 0. The number of hydrogen-bond acceptors (Lipinski definition) is 8. The van der Waals surface area contributed by atoms with E-state index in [0.29, 0.717) is 11.8 Å². The average molecular weight is 451 g/mol. The van der Waals surface area contributed by atoms with Crippen molar-refractivity contribution in [3.8, 4) is 23.0 Å². The third-order valence-corrected chi connectivity index (χ3v) is 7.17. The molecule has 1 saturated heterocycles. The molecule has 0 N–H and O–H groups in total. The highest BCUT2D eigenvalue weighted by Gasteiger charge is 2.50. The molecule has 0 amide bonds. The molecule has 2 aliphatic heterocycles. The zero-order chi connectivity index (χ0) is 22.9. The normalized spacial score (nSPS) is 18.7. The molecule has 5 aromatic rings. The van der Waals surface area contributed by atoms with Gasteiger partial charge in [-0.05, 0) is 38.3 Å². The first-order chi connectivity index (χ1) is 16.7. The van der Waals surface area contributed by atoms with Gasteiger partial charge in [-0.15, -0.1) is 10.2 Å². The van der Waals surface area contributed by atoms with E-state index in [-0.39, 0.29) is 5.54 Å². The van der Waals surface area contributed by atoms with E-state index in [1.54, 1.807) is 17.2 Å². The summed E-state index contributed by atoms with van der Waals surface area (Å²) in [5.74, 6) is 3.88. The van der Waals surface area contributed by atoms with Gasteiger partial charge in [0.15, 0.2) is 17.5 Å². The highest BCUT2D eigenvalue weighted by Crippen LogP contribution is 2.49. The van der Waals surface area contributed by atoms with Crippen LogP contribution in [0.4, 0.5) is 5.82 Å². The fourth-order valence-corrected chi connectivity index (χ4v) is 5.58. The Bertz CT molecular complexity index is 1560. The van der Waals surface area contributed by atoms with Crippen molar-refractivity contribution < 1.29 is 0 Å². The number of anilines is 1. The van der Waals surface area contributed by atoms with Crippen molar-refractivity contribution in [2.75, 3.05) is 11.4 Å². The van der Waals surface area contributed by atoms with Gasteiger partial charge in [-0.2, -0.15) is 14.8 Å². The smallest absolute Gasteiger partial charge is 0.254 e. The van der Waals surface area contributed by atoms with Gasteiger partial charge in [0, 0.05) is 23.7 Å². The maximum Gasteiger partial charge on any atom is 0.254 e. The second-order valence-corrected chi connectivity index (χ2v) is 8.80. The molecule has 7 rings (SSSR count). The lowest BCUT2D eigenvalue weighted by Gasteiger charge is -2.42. The van der Waals surface area contributed by atoms with Crippen LogP contribution in [0.2, 0.25) is 0 Å². The number of benzene rings is 1. The fourth-order valence-electron chi connectivity index (χ4n) is 5.58. The minimum atomic E-state index is -0.202. The molecular formula is C24H22N10. The maximum atomic E-state index is 5.06. The molecule has 0 bridgehead atoms. The number of pyridine rings is 1. The summed E-state index contributed by atoms with van der Waals surface area (Å²) in [4.78, 5) is 21.2. The van der Waals surface area contributed by atoms with E-state index >= 15 is 0 Å².